The van der Waals surface area contributed by atoms with Gasteiger partial charge in [-0.1, -0.05) is 6.07 Å². The predicted molar refractivity (Wildman–Crippen MR) is 87.7 cm³/mol. The van der Waals surface area contributed by atoms with E-state index in [1.165, 1.54) is 11.9 Å². The third kappa shape index (κ3) is 3.52. The van der Waals surface area contributed by atoms with Gasteiger partial charge in [-0.05, 0) is 37.1 Å². The van der Waals surface area contributed by atoms with Crippen molar-refractivity contribution < 1.29 is 4.79 Å². The molecule has 0 fully saturated rings. The summed E-state index contributed by atoms with van der Waals surface area (Å²) in [4.78, 5) is 24.2. The van der Waals surface area contributed by atoms with Crippen LogP contribution in [0.2, 0.25) is 0 Å². The van der Waals surface area contributed by atoms with Crippen LogP contribution in [0.5, 0.6) is 0 Å². The Morgan fingerprint density at radius 2 is 1.96 bits per heavy atom. The third-order valence-electron chi connectivity index (χ3n) is 3.43. The van der Waals surface area contributed by atoms with E-state index >= 15 is 0 Å². The Bertz CT molecular complexity index is 828. The SMILES string of the molecule is Cc1ccc(NC(=O)Nc2cc(-n3ccnc3)ncn2)cc1C. The first kappa shape index (κ1) is 14.7. The Morgan fingerprint density at radius 1 is 1.09 bits per heavy atom. The van der Waals surface area contributed by atoms with Gasteiger partial charge in [0.15, 0.2) is 0 Å². The predicted octanol–water partition coefficient (Wildman–Crippen LogP) is 2.92. The molecule has 2 heterocycles. The fourth-order valence-corrected chi connectivity index (χ4v) is 2.05. The standard InChI is InChI=1S/C16H16N6O/c1-11-3-4-13(7-12(11)2)20-16(23)21-14-8-15(19-9-18-14)22-6-5-17-10-22/h3-10H,1-2H3,(H2,18,19,20,21,23). The molecule has 0 spiro atoms. The van der Waals surface area contributed by atoms with E-state index in [9.17, 15) is 4.79 Å². The van der Waals surface area contributed by atoms with E-state index in [1.54, 1.807) is 29.4 Å². The second-order valence-corrected chi connectivity index (χ2v) is 5.11. The number of amides is 2. The van der Waals surface area contributed by atoms with Gasteiger partial charge >= 0.3 is 6.03 Å². The summed E-state index contributed by atoms with van der Waals surface area (Å²) in [6, 6.07) is 7.06. The van der Waals surface area contributed by atoms with Crippen molar-refractivity contribution in [2.45, 2.75) is 13.8 Å². The highest BCUT2D eigenvalue weighted by molar-refractivity contribution is 5.99. The number of benzene rings is 1. The number of urea groups is 1. The minimum atomic E-state index is -0.358. The lowest BCUT2D eigenvalue weighted by atomic mass is 10.1. The summed E-state index contributed by atoms with van der Waals surface area (Å²) in [5, 5.41) is 5.48. The minimum Gasteiger partial charge on any atom is -0.308 e. The van der Waals surface area contributed by atoms with E-state index in [4.69, 9.17) is 0 Å². The number of nitrogens with zero attached hydrogens (tertiary/aromatic N) is 4. The zero-order chi connectivity index (χ0) is 16.2. The average Bonchev–Trinajstić information content (AvgIpc) is 3.05. The number of hydrogen-bond donors (Lipinski definition) is 2. The third-order valence-corrected chi connectivity index (χ3v) is 3.43. The highest BCUT2D eigenvalue weighted by Gasteiger charge is 2.06. The zero-order valence-corrected chi connectivity index (χ0v) is 12.8. The van der Waals surface area contributed by atoms with Crippen LogP contribution >= 0.6 is 0 Å². The van der Waals surface area contributed by atoms with E-state index in [0.29, 0.717) is 11.6 Å². The normalized spacial score (nSPS) is 10.3. The Balaban J connectivity index is 1.70. The van der Waals surface area contributed by atoms with Crippen LogP contribution in [0.15, 0.2) is 49.3 Å². The molecule has 23 heavy (non-hydrogen) atoms. The smallest absolute Gasteiger partial charge is 0.308 e. The number of rotatable bonds is 3. The second kappa shape index (κ2) is 6.27. The van der Waals surface area contributed by atoms with Crippen molar-refractivity contribution in [3.05, 3.63) is 60.4 Å². The molecule has 2 N–H and O–H groups in total. The van der Waals surface area contributed by atoms with E-state index in [2.05, 4.69) is 25.6 Å². The molecule has 0 saturated heterocycles. The van der Waals surface area contributed by atoms with Gasteiger partial charge in [-0.2, -0.15) is 0 Å². The van der Waals surface area contributed by atoms with E-state index in [-0.39, 0.29) is 6.03 Å². The summed E-state index contributed by atoms with van der Waals surface area (Å²) in [6.45, 7) is 4.03. The zero-order valence-electron chi connectivity index (χ0n) is 12.8. The van der Waals surface area contributed by atoms with Gasteiger partial charge in [0.2, 0.25) is 0 Å². The summed E-state index contributed by atoms with van der Waals surface area (Å²) >= 11 is 0. The lowest BCUT2D eigenvalue weighted by Crippen LogP contribution is -2.20. The number of nitrogens with one attached hydrogen (secondary N) is 2. The lowest BCUT2D eigenvalue weighted by Gasteiger charge is -2.09. The monoisotopic (exact) mass is 308 g/mol. The molecule has 0 bridgehead atoms. The molecule has 7 heteroatoms. The number of carbonyl (C=O) groups is 1. The largest absolute Gasteiger partial charge is 0.324 e. The Morgan fingerprint density at radius 3 is 2.70 bits per heavy atom. The Kier molecular flexibility index (Phi) is 4.01. The molecule has 0 aliphatic carbocycles. The van der Waals surface area contributed by atoms with Crippen molar-refractivity contribution in [1.82, 2.24) is 19.5 Å². The summed E-state index contributed by atoms with van der Waals surface area (Å²) in [5.74, 6) is 1.03. The van der Waals surface area contributed by atoms with Gasteiger partial charge in [0.1, 0.15) is 24.3 Å². The van der Waals surface area contributed by atoms with Crippen molar-refractivity contribution in [1.29, 1.82) is 0 Å². The van der Waals surface area contributed by atoms with Gasteiger partial charge in [0, 0.05) is 24.1 Å². The van der Waals surface area contributed by atoms with Gasteiger partial charge < -0.3 is 5.32 Å². The first-order valence-electron chi connectivity index (χ1n) is 7.07. The maximum absolute atomic E-state index is 12.1. The van der Waals surface area contributed by atoms with Gasteiger partial charge in [0.25, 0.3) is 0 Å². The maximum atomic E-state index is 12.1. The first-order chi connectivity index (χ1) is 11.1. The van der Waals surface area contributed by atoms with Crippen LogP contribution in [0, 0.1) is 13.8 Å². The van der Waals surface area contributed by atoms with Crippen LogP contribution in [0.4, 0.5) is 16.3 Å². The molecule has 3 aromatic rings. The molecule has 0 radical (unpaired) electrons. The molecule has 0 unspecified atom stereocenters. The van der Waals surface area contributed by atoms with Crippen molar-refractivity contribution >= 4 is 17.5 Å². The summed E-state index contributed by atoms with van der Waals surface area (Å²) in [6.07, 6.45) is 6.44. The van der Waals surface area contributed by atoms with Crippen LogP contribution in [0.25, 0.3) is 5.82 Å². The number of anilines is 2. The summed E-state index contributed by atoms with van der Waals surface area (Å²) < 4.78 is 1.73. The first-order valence-corrected chi connectivity index (χ1v) is 7.07. The molecule has 0 atom stereocenters. The molecular weight excluding hydrogens is 292 g/mol. The van der Waals surface area contributed by atoms with Crippen molar-refractivity contribution in [2.75, 3.05) is 10.6 Å². The van der Waals surface area contributed by atoms with Crippen molar-refractivity contribution in [2.24, 2.45) is 0 Å². The number of hydrogen-bond acceptors (Lipinski definition) is 4. The molecule has 7 nitrogen and oxygen atoms in total. The van der Waals surface area contributed by atoms with Crippen molar-refractivity contribution in [3.63, 3.8) is 0 Å². The van der Waals surface area contributed by atoms with Crippen molar-refractivity contribution in [3.8, 4) is 5.82 Å². The molecule has 1 aromatic carbocycles. The van der Waals surface area contributed by atoms with Crippen LogP contribution in [-0.4, -0.2) is 25.6 Å². The fraction of sp³-hybridized carbons (Fsp3) is 0.125. The molecule has 0 aliphatic rings. The maximum Gasteiger partial charge on any atom is 0.324 e. The highest BCUT2D eigenvalue weighted by atomic mass is 16.2. The molecule has 2 aromatic heterocycles. The van der Waals surface area contributed by atoms with Crippen LogP contribution in [-0.2, 0) is 0 Å². The van der Waals surface area contributed by atoms with Crippen LogP contribution in [0.3, 0.4) is 0 Å². The Hall–Kier alpha value is -3.22. The number of aromatic nitrogens is 4. The minimum absolute atomic E-state index is 0.358. The number of aryl methyl sites for hydroxylation is 2. The van der Waals surface area contributed by atoms with Gasteiger partial charge in [-0.15, -0.1) is 0 Å². The van der Waals surface area contributed by atoms with Crippen LogP contribution < -0.4 is 10.6 Å². The Labute approximate surface area is 133 Å². The fourth-order valence-electron chi connectivity index (χ4n) is 2.05. The van der Waals surface area contributed by atoms with E-state index < -0.39 is 0 Å². The molecule has 0 saturated carbocycles. The van der Waals surface area contributed by atoms with E-state index in [1.807, 2.05) is 32.0 Å². The molecule has 116 valence electrons. The number of imidazole rings is 1. The summed E-state index contributed by atoms with van der Waals surface area (Å²) in [7, 11) is 0. The lowest BCUT2D eigenvalue weighted by molar-refractivity contribution is 0.262. The number of carbonyl (C=O) groups excluding carboxylic acids is 1. The molecule has 3 rings (SSSR count). The van der Waals surface area contributed by atoms with E-state index in [0.717, 1.165) is 11.3 Å². The molecule has 0 aliphatic heterocycles. The van der Waals surface area contributed by atoms with Gasteiger partial charge in [0.05, 0.1) is 0 Å². The molecule has 2 amide bonds. The molecular formula is C16H16N6O. The second-order valence-electron chi connectivity index (χ2n) is 5.11. The van der Waals surface area contributed by atoms with Gasteiger partial charge in [-0.3, -0.25) is 9.88 Å². The topological polar surface area (TPSA) is 84.7 Å². The summed E-state index contributed by atoms with van der Waals surface area (Å²) in [5.41, 5.74) is 3.03. The van der Waals surface area contributed by atoms with Gasteiger partial charge in [-0.25, -0.2) is 19.7 Å². The quantitative estimate of drug-likeness (QED) is 0.779. The average molecular weight is 308 g/mol. The van der Waals surface area contributed by atoms with Crippen LogP contribution in [0.1, 0.15) is 11.1 Å². The highest BCUT2D eigenvalue weighted by Crippen LogP contribution is 2.15.